The van der Waals surface area contributed by atoms with Gasteiger partial charge in [0.1, 0.15) is 6.33 Å². The van der Waals surface area contributed by atoms with E-state index in [0.717, 1.165) is 10.8 Å². The first-order valence-corrected chi connectivity index (χ1v) is 11.6. The molecule has 0 N–H and O–H groups in total. The Bertz CT molecular complexity index is 1140. The number of carbonyl (C=O) groups excluding carboxylic acids is 1. The molecule has 8 nitrogen and oxygen atoms in total. The summed E-state index contributed by atoms with van der Waals surface area (Å²) in [4.78, 5) is 14.4. The fourth-order valence-corrected chi connectivity index (χ4v) is 5.52. The van der Waals surface area contributed by atoms with Crippen molar-refractivity contribution in [1.29, 1.82) is 0 Å². The SMILES string of the molecule is Cn1cnnc1SCC(=O)N1CCN(S(=O)(=O)c2ccc3ccccc3c2)CC1. The van der Waals surface area contributed by atoms with Crippen molar-refractivity contribution in [2.75, 3.05) is 31.9 Å². The minimum Gasteiger partial charge on any atom is -0.339 e. The fourth-order valence-electron chi connectivity index (χ4n) is 3.28. The molecule has 10 heteroatoms. The van der Waals surface area contributed by atoms with Crippen LogP contribution in [0.1, 0.15) is 0 Å². The van der Waals surface area contributed by atoms with Gasteiger partial charge in [0.25, 0.3) is 0 Å². The summed E-state index contributed by atoms with van der Waals surface area (Å²) in [7, 11) is -1.76. The molecule has 0 atom stereocenters. The van der Waals surface area contributed by atoms with E-state index < -0.39 is 10.0 Å². The second-order valence-electron chi connectivity index (χ2n) is 6.81. The van der Waals surface area contributed by atoms with Gasteiger partial charge in [-0.05, 0) is 22.9 Å². The minimum atomic E-state index is -3.59. The van der Waals surface area contributed by atoms with E-state index in [2.05, 4.69) is 10.2 Å². The minimum absolute atomic E-state index is 0.0271. The van der Waals surface area contributed by atoms with Gasteiger partial charge >= 0.3 is 0 Å². The van der Waals surface area contributed by atoms with Crippen LogP contribution >= 0.6 is 11.8 Å². The molecule has 1 aliphatic heterocycles. The molecule has 2 aromatic carbocycles. The van der Waals surface area contributed by atoms with Crippen LogP contribution in [0.3, 0.4) is 0 Å². The molecule has 152 valence electrons. The largest absolute Gasteiger partial charge is 0.339 e. The third-order valence-corrected chi connectivity index (χ3v) is 7.86. The van der Waals surface area contributed by atoms with E-state index in [4.69, 9.17) is 0 Å². The number of benzene rings is 2. The van der Waals surface area contributed by atoms with Crippen molar-refractivity contribution >= 4 is 38.5 Å². The topological polar surface area (TPSA) is 88.4 Å². The van der Waals surface area contributed by atoms with Gasteiger partial charge in [-0.15, -0.1) is 10.2 Å². The summed E-state index contributed by atoms with van der Waals surface area (Å²) < 4.78 is 29.3. The molecule has 0 unspecified atom stereocenters. The zero-order valence-electron chi connectivity index (χ0n) is 15.9. The molecule has 29 heavy (non-hydrogen) atoms. The Morgan fingerprint density at radius 1 is 1.07 bits per heavy atom. The Morgan fingerprint density at radius 3 is 2.48 bits per heavy atom. The second-order valence-corrected chi connectivity index (χ2v) is 9.69. The third-order valence-electron chi connectivity index (χ3n) is 4.94. The van der Waals surface area contributed by atoms with E-state index in [1.54, 1.807) is 27.9 Å². The first kappa shape index (κ1) is 19.9. The first-order chi connectivity index (χ1) is 13.9. The summed E-state index contributed by atoms with van der Waals surface area (Å²) >= 11 is 1.33. The van der Waals surface area contributed by atoms with Crippen molar-refractivity contribution < 1.29 is 13.2 Å². The lowest BCUT2D eigenvalue weighted by Crippen LogP contribution is -2.50. The van der Waals surface area contributed by atoms with Crippen LogP contribution in [0.2, 0.25) is 0 Å². The fraction of sp³-hybridized carbons (Fsp3) is 0.316. The standard InChI is InChI=1S/C19H21N5O3S2/c1-22-14-20-21-19(22)28-13-18(25)23-8-10-24(11-9-23)29(26,27)17-7-6-15-4-2-3-5-16(15)12-17/h2-7,12,14H,8-11,13H2,1H3. The van der Waals surface area contributed by atoms with Crippen molar-refractivity contribution in [3.8, 4) is 0 Å². The molecule has 1 saturated heterocycles. The highest BCUT2D eigenvalue weighted by Gasteiger charge is 2.30. The van der Waals surface area contributed by atoms with Gasteiger partial charge in [0, 0.05) is 33.2 Å². The number of nitrogens with zero attached hydrogens (tertiary/aromatic N) is 5. The number of sulfonamides is 1. The number of hydrogen-bond donors (Lipinski definition) is 0. The van der Waals surface area contributed by atoms with Crippen LogP contribution in [0.25, 0.3) is 10.8 Å². The maximum absolute atomic E-state index is 13.0. The molecule has 1 aliphatic rings. The Balaban J connectivity index is 1.39. The van der Waals surface area contributed by atoms with Gasteiger partial charge in [-0.3, -0.25) is 4.79 Å². The van der Waals surface area contributed by atoms with Crippen molar-refractivity contribution in [3.05, 3.63) is 48.8 Å². The van der Waals surface area contributed by atoms with Crippen molar-refractivity contribution in [1.82, 2.24) is 24.0 Å². The molecule has 1 fully saturated rings. The molecular weight excluding hydrogens is 410 g/mol. The molecule has 0 radical (unpaired) electrons. The Morgan fingerprint density at radius 2 is 1.79 bits per heavy atom. The van der Waals surface area contributed by atoms with Gasteiger partial charge in [-0.1, -0.05) is 42.1 Å². The average Bonchev–Trinajstić information content (AvgIpc) is 3.16. The number of aryl methyl sites for hydroxylation is 1. The van der Waals surface area contributed by atoms with Crippen molar-refractivity contribution in [2.24, 2.45) is 7.05 Å². The van der Waals surface area contributed by atoms with Gasteiger partial charge < -0.3 is 9.47 Å². The van der Waals surface area contributed by atoms with Crippen LogP contribution in [0.4, 0.5) is 0 Å². The van der Waals surface area contributed by atoms with Crippen LogP contribution < -0.4 is 0 Å². The normalized spacial score (nSPS) is 15.7. The predicted molar refractivity (Wildman–Crippen MR) is 111 cm³/mol. The van der Waals surface area contributed by atoms with Crippen molar-refractivity contribution in [2.45, 2.75) is 10.1 Å². The quantitative estimate of drug-likeness (QED) is 0.570. The van der Waals surface area contributed by atoms with E-state index in [0.29, 0.717) is 18.2 Å². The molecule has 0 bridgehead atoms. The Kier molecular flexibility index (Phi) is 5.57. The lowest BCUT2D eigenvalue weighted by Gasteiger charge is -2.34. The summed E-state index contributed by atoms with van der Waals surface area (Å²) in [6, 6.07) is 12.9. The number of fused-ring (bicyclic) bond motifs is 1. The van der Waals surface area contributed by atoms with Gasteiger partial charge in [0.2, 0.25) is 15.9 Å². The van der Waals surface area contributed by atoms with Crippen molar-refractivity contribution in [3.63, 3.8) is 0 Å². The number of hydrogen-bond acceptors (Lipinski definition) is 6. The number of thioether (sulfide) groups is 1. The van der Waals surface area contributed by atoms with Crippen LogP contribution in [-0.2, 0) is 21.9 Å². The van der Waals surface area contributed by atoms with E-state index in [1.807, 2.05) is 37.4 Å². The van der Waals surface area contributed by atoms with E-state index in [-0.39, 0.29) is 29.6 Å². The highest BCUT2D eigenvalue weighted by Crippen LogP contribution is 2.23. The third kappa shape index (κ3) is 4.14. The summed E-state index contributed by atoms with van der Waals surface area (Å²) in [5.41, 5.74) is 0. The molecule has 2 heterocycles. The van der Waals surface area contributed by atoms with Gasteiger partial charge in [0.05, 0.1) is 10.6 Å². The smallest absolute Gasteiger partial charge is 0.243 e. The second kappa shape index (κ2) is 8.13. The summed E-state index contributed by atoms with van der Waals surface area (Å²) in [5, 5.41) is 10.3. The van der Waals surface area contributed by atoms with Gasteiger partial charge in [-0.25, -0.2) is 8.42 Å². The number of piperazine rings is 1. The highest BCUT2D eigenvalue weighted by atomic mass is 32.2. The number of amides is 1. The van der Waals surface area contributed by atoms with Crippen LogP contribution in [0, 0.1) is 0 Å². The number of rotatable bonds is 5. The molecule has 3 aromatic rings. The Hall–Kier alpha value is -2.43. The van der Waals surface area contributed by atoms with E-state index in [1.165, 1.54) is 16.1 Å². The van der Waals surface area contributed by atoms with E-state index >= 15 is 0 Å². The molecular formula is C19H21N5O3S2. The molecule has 1 aromatic heterocycles. The lowest BCUT2D eigenvalue weighted by molar-refractivity contribution is -0.129. The number of aromatic nitrogens is 3. The monoisotopic (exact) mass is 431 g/mol. The van der Waals surface area contributed by atoms with Crippen LogP contribution in [-0.4, -0.2) is 70.2 Å². The molecule has 0 saturated carbocycles. The van der Waals surface area contributed by atoms with E-state index in [9.17, 15) is 13.2 Å². The molecule has 4 rings (SSSR count). The molecule has 0 aliphatic carbocycles. The lowest BCUT2D eigenvalue weighted by atomic mass is 10.1. The van der Waals surface area contributed by atoms with Crippen LogP contribution in [0.15, 0.2) is 58.8 Å². The summed E-state index contributed by atoms with van der Waals surface area (Å²) in [5.74, 6) is 0.227. The number of carbonyl (C=O) groups is 1. The molecule has 1 amide bonds. The Labute approximate surface area is 173 Å². The summed E-state index contributed by atoms with van der Waals surface area (Å²) in [6.07, 6.45) is 1.59. The van der Waals surface area contributed by atoms with Crippen LogP contribution in [0.5, 0.6) is 0 Å². The van der Waals surface area contributed by atoms with Gasteiger partial charge in [0.15, 0.2) is 5.16 Å². The predicted octanol–water partition coefficient (Wildman–Crippen LogP) is 1.59. The summed E-state index contributed by atoms with van der Waals surface area (Å²) in [6.45, 7) is 1.33. The first-order valence-electron chi connectivity index (χ1n) is 9.19. The highest BCUT2D eigenvalue weighted by molar-refractivity contribution is 7.99. The molecule has 0 spiro atoms. The maximum atomic E-state index is 13.0. The average molecular weight is 432 g/mol. The van der Waals surface area contributed by atoms with Gasteiger partial charge in [-0.2, -0.15) is 4.31 Å². The maximum Gasteiger partial charge on any atom is 0.243 e. The zero-order chi connectivity index (χ0) is 20.4. The zero-order valence-corrected chi connectivity index (χ0v) is 17.6.